The Morgan fingerprint density at radius 1 is 1.26 bits per heavy atom. The van der Waals surface area contributed by atoms with Crippen molar-refractivity contribution in [2.24, 2.45) is 0 Å². The number of amides is 2. The standard InChI is InChI=1S/C19H23N3O4S/c1-12-11-27-17(20-12)15-9-14(21-18(23)24)7-8-16(15)22-19(25)26-10-13-5-3-2-4-6-13/h2-6,11,14-16,21H,7-10H2,1H3,(H,22,25)(H,23,24)/t14-,15-,16+/m1/s1. The van der Waals surface area contributed by atoms with Crippen LogP contribution in [0.3, 0.4) is 0 Å². The molecule has 2 aromatic rings. The number of nitrogens with zero attached hydrogens (tertiary/aromatic N) is 1. The van der Waals surface area contributed by atoms with Gasteiger partial charge in [-0.2, -0.15) is 0 Å². The smallest absolute Gasteiger partial charge is 0.407 e. The van der Waals surface area contributed by atoms with Crippen molar-refractivity contribution in [1.29, 1.82) is 0 Å². The average Bonchev–Trinajstić information content (AvgIpc) is 3.08. The fraction of sp³-hybridized carbons (Fsp3) is 0.421. The van der Waals surface area contributed by atoms with Crippen LogP contribution in [0.5, 0.6) is 0 Å². The first-order valence-electron chi connectivity index (χ1n) is 8.90. The van der Waals surface area contributed by atoms with E-state index in [1.54, 1.807) is 0 Å². The van der Waals surface area contributed by atoms with E-state index in [2.05, 4.69) is 15.6 Å². The molecule has 0 spiro atoms. The lowest BCUT2D eigenvalue weighted by Gasteiger charge is -2.35. The van der Waals surface area contributed by atoms with E-state index >= 15 is 0 Å². The Hall–Kier alpha value is -2.61. The Morgan fingerprint density at radius 2 is 2.04 bits per heavy atom. The van der Waals surface area contributed by atoms with Crippen LogP contribution >= 0.6 is 11.3 Å². The second-order valence-electron chi connectivity index (χ2n) is 6.71. The van der Waals surface area contributed by atoms with Gasteiger partial charge in [0.05, 0.1) is 5.01 Å². The number of ether oxygens (including phenoxy) is 1. The van der Waals surface area contributed by atoms with Crippen LogP contribution in [0, 0.1) is 6.92 Å². The summed E-state index contributed by atoms with van der Waals surface area (Å²) in [6.45, 7) is 2.13. The topological polar surface area (TPSA) is 101 Å². The lowest BCUT2D eigenvalue weighted by atomic mass is 9.82. The van der Waals surface area contributed by atoms with Crippen molar-refractivity contribution in [3.63, 3.8) is 0 Å². The monoisotopic (exact) mass is 389 g/mol. The highest BCUT2D eigenvalue weighted by Gasteiger charge is 2.35. The van der Waals surface area contributed by atoms with Crippen molar-refractivity contribution in [2.75, 3.05) is 0 Å². The third kappa shape index (κ3) is 5.43. The number of aryl methyl sites for hydroxylation is 1. The number of benzene rings is 1. The van der Waals surface area contributed by atoms with Crippen LogP contribution in [0.4, 0.5) is 9.59 Å². The van der Waals surface area contributed by atoms with Crippen LogP contribution in [-0.4, -0.2) is 34.4 Å². The Labute approximate surface area is 161 Å². The van der Waals surface area contributed by atoms with Crippen molar-refractivity contribution in [3.05, 3.63) is 52.0 Å². The first-order chi connectivity index (χ1) is 13.0. The summed E-state index contributed by atoms with van der Waals surface area (Å²) in [6, 6.07) is 9.23. The van der Waals surface area contributed by atoms with Crippen LogP contribution in [0.15, 0.2) is 35.7 Å². The van der Waals surface area contributed by atoms with Crippen molar-refractivity contribution in [2.45, 2.75) is 50.8 Å². The lowest BCUT2D eigenvalue weighted by Crippen LogP contribution is -2.47. The van der Waals surface area contributed by atoms with Crippen LogP contribution < -0.4 is 10.6 Å². The molecule has 27 heavy (non-hydrogen) atoms. The molecular formula is C19H23N3O4S. The summed E-state index contributed by atoms with van der Waals surface area (Å²) in [6.07, 6.45) is 0.434. The molecule has 3 N–H and O–H groups in total. The normalized spacial score (nSPS) is 22.0. The van der Waals surface area contributed by atoms with E-state index in [-0.39, 0.29) is 24.6 Å². The molecule has 0 radical (unpaired) electrons. The summed E-state index contributed by atoms with van der Waals surface area (Å²) < 4.78 is 5.33. The van der Waals surface area contributed by atoms with Gasteiger partial charge in [0, 0.05) is 29.1 Å². The van der Waals surface area contributed by atoms with Crippen molar-refractivity contribution in [1.82, 2.24) is 15.6 Å². The second kappa shape index (κ2) is 8.85. The first kappa shape index (κ1) is 19.2. The molecule has 3 atom stereocenters. The van der Waals surface area contributed by atoms with E-state index in [4.69, 9.17) is 9.84 Å². The third-order valence-electron chi connectivity index (χ3n) is 4.65. The fourth-order valence-corrected chi connectivity index (χ4v) is 4.36. The molecule has 3 rings (SSSR count). The number of carbonyl (C=O) groups is 2. The molecule has 1 fully saturated rings. The summed E-state index contributed by atoms with van der Waals surface area (Å²) in [7, 11) is 0. The van der Waals surface area contributed by atoms with Crippen molar-refractivity contribution >= 4 is 23.5 Å². The van der Waals surface area contributed by atoms with Crippen molar-refractivity contribution in [3.8, 4) is 0 Å². The quantitative estimate of drug-likeness (QED) is 0.725. The van der Waals surface area contributed by atoms with Crippen LogP contribution in [0.25, 0.3) is 0 Å². The molecule has 1 aliphatic rings. The molecule has 1 aromatic heterocycles. The summed E-state index contributed by atoms with van der Waals surface area (Å²) in [5, 5.41) is 17.4. The van der Waals surface area contributed by atoms with E-state index in [9.17, 15) is 9.59 Å². The highest BCUT2D eigenvalue weighted by molar-refractivity contribution is 7.09. The molecule has 0 unspecified atom stereocenters. The van der Waals surface area contributed by atoms with Gasteiger partial charge in [-0.05, 0) is 31.7 Å². The van der Waals surface area contributed by atoms with Gasteiger partial charge in [0.2, 0.25) is 0 Å². The number of carbonyl (C=O) groups excluding carboxylic acids is 1. The molecular weight excluding hydrogens is 366 g/mol. The Balaban J connectivity index is 1.63. The molecule has 0 bridgehead atoms. The fourth-order valence-electron chi connectivity index (χ4n) is 3.38. The summed E-state index contributed by atoms with van der Waals surface area (Å²) in [5.41, 5.74) is 1.85. The van der Waals surface area contributed by atoms with Gasteiger partial charge in [0.1, 0.15) is 6.61 Å². The maximum Gasteiger partial charge on any atom is 0.407 e. The van der Waals surface area contributed by atoms with Crippen LogP contribution in [0.2, 0.25) is 0 Å². The zero-order valence-corrected chi connectivity index (χ0v) is 15.9. The Bertz CT molecular complexity index is 780. The van der Waals surface area contributed by atoms with Gasteiger partial charge >= 0.3 is 12.2 Å². The highest BCUT2D eigenvalue weighted by Crippen LogP contribution is 2.35. The molecule has 8 heteroatoms. The van der Waals surface area contributed by atoms with Gasteiger partial charge in [-0.15, -0.1) is 11.3 Å². The van der Waals surface area contributed by atoms with E-state index in [0.717, 1.165) is 16.3 Å². The van der Waals surface area contributed by atoms with E-state index in [0.29, 0.717) is 19.3 Å². The molecule has 7 nitrogen and oxygen atoms in total. The lowest BCUT2D eigenvalue weighted by molar-refractivity contribution is 0.128. The van der Waals surface area contributed by atoms with Crippen LogP contribution in [0.1, 0.15) is 41.4 Å². The van der Waals surface area contributed by atoms with E-state index < -0.39 is 12.2 Å². The highest BCUT2D eigenvalue weighted by atomic mass is 32.1. The maximum atomic E-state index is 12.3. The Kier molecular flexibility index (Phi) is 6.28. The molecule has 144 valence electrons. The molecule has 2 amide bonds. The van der Waals surface area contributed by atoms with Gasteiger partial charge in [0.25, 0.3) is 0 Å². The van der Waals surface area contributed by atoms with Gasteiger partial charge in [0.15, 0.2) is 0 Å². The zero-order chi connectivity index (χ0) is 19.2. The minimum atomic E-state index is -1.03. The largest absolute Gasteiger partial charge is 0.465 e. The van der Waals surface area contributed by atoms with Gasteiger partial charge in [-0.3, -0.25) is 0 Å². The first-order valence-corrected chi connectivity index (χ1v) is 9.78. The number of alkyl carbamates (subject to hydrolysis) is 1. The number of hydrogen-bond acceptors (Lipinski definition) is 5. The second-order valence-corrected chi connectivity index (χ2v) is 7.60. The molecule has 0 aliphatic heterocycles. The predicted octanol–water partition coefficient (Wildman–Crippen LogP) is 3.65. The molecule has 1 aliphatic carbocycles. The van der Waals surface area contributed by atoms with Crippen molar-refractivity contribution < 1.29 is 19.4 Å². The van der Waals surface area contributed by atoms with E-state index in [1.807, 2.05) is 42.6 Å². The number of carboxylic acid groups (broad SMARTS) is 1. The SMILES string of the molecule is Cc1csc([C@@H]2C[C@H](NC(=O)O)CC[C@@H]2NC(=O)OCc2ccccc2)n1. The zero-order valence-electron chi connectivity index (χ0n) is 15.1. The number of nitrogens with one attached hydrogen (secondary N) is 2. The molecule has 0 saturated heterocycles. The van der Waals surface area contributed by atoms with E-state index in [1.165, 1.54) is 11.3 Å². The molecule has 1 saturated carbocycles. The minimum absolute atomic E-state index is 0.0430. The van der Waals surface area contributed by atoms with Gasteiger partial charge in [-0.1, -0.05) is 30.3 Å². The summed E-state index contributed by atoms with van der Waals surface area (Å²) in [5.74, 6) is -0.0430. The summed E-state index contributed by atoms with van der Waals surface area (Å²) >= 11 is 1.54. The van der Waals surface area contributed by atoms with Crippen LogP contribution in [-0.2, 0) is 11.3 Å². The number of aromatic nitrogens is 1. The number of rotatable bonds is 5. The predicted molar refractivity (Wildman–Crippen MR) is 102 cm³/mol. The average molecular weight is 389 g/mol. The molecule has 1 aromatic carbocycles. The van der Waals surface area contributed by atoms with Gasteiger partial charge < -0.3 is 20.5 Å². The van der Waals surface area contributed by atoms with Gasteiger partial charge in [-0.25, -0.2) is 14.6 Å². The maximum absolute atomic E-state index is 12.3. The Morgan fingerprint density at radius 3 is 2.70 bits per heavy atom. The minimum Gasteiger partial charge on any atom is -0.465 e. The summed E-state index contributed by atoms with van der Waals surface area (Å²) in [4.78, 5) is 27.8. The molecule has 1 heterocycles. The number of hydrogen-bond donors (Lipinski definition) is 3. The number of thiazole rings is 1. The third-order valence-corrected chi connectivity index (χ3v) is 5.74.